The molecule has 1 amide bonds. The van der Waals surface area contributed by atoms with Crippen molar-refractivity contribution in [1.29, 1.82) is 0 Å². The molecule has 7 heteroatoms. The smallest absolute Gasteiger partial charge is 0.326 e. The average molecular weight is 303 g/mol. The van der Waals surface area contributed by atoms with Crippen LogP contribution in [0, 0.1) is 23.4 Å². The molecule has 4 nitrogen and oxygen atoms in total. The molecule has 0 bridgehead atoms. The summed E-state index contributed by atoms with van der Waals surface area (Å²) in [5, 5.41) is 11.2. The summed E-state index contributed by atoms with van der Waals surface area (Å²) < 4.78 is 39.2. The fraction of sp³-hybridized carbons (Fsp3) is 0.429. The first-order chi connectivity index (χ1) is 9.70. The van der Waals surface area contributed by atoms with Gasteiger partial charge in [-0.15, -0.1) is 0 Å². The predicted molar refractivity (Wildman–Crippen MR) is 69.0 cm³/mol. The van der Waals surface area contributed by atoms with E-state index in [1.165, 1.54) is 0 Å². The molecular weight excluding hydrogens is 287 g/mol. The number of nitrogens with one attached hydrogen (secondary N) is 1. The second-order valence-corrected chi connectivity index (χ2v) is 5.12. The molecule has 1 aromatic carbocycles. The van der Waals surface area contributed by atoms with Crippen LogP contribution in [0.2, 0.25) is 0 Å². The van der Waals surface area contributed by atoms with Crippen LogP contribution in [0.15, 0.2) is 12.1 Å². The molecule has 0 unspecified atom stereocenters. The van der Waals surface area contributed by atoms with E-state index in [9.17, 15) is 22.8 Å². The van der Waals surface area contributed by atoms with Crippen molar-refractivity contribution >= 4 is 11.9 Å². The molecule has 2 N–H and O–H groups in total. The number of carbonyl (C=O) groups is 2. The fourth-order valence-corrected chi connectivity index (χ4v) is 1.81. The van der Waals surface area contributed by atoms with Gasteiger partial charge in [-0.3, -0.25) is 4.79 Å². The van der Waals surface area contributed by atoms with Crippen LogP contribution in [0.25, 0.3) is 0 Å². The fourth-order valence-electron chi connectivity index (χ4n) is 1.81. The first-order valence-corrected chi connectivity index (χ1v) is 6.36. The van der Waals surface area contributed by atoms with Crippen LogP contribution in [0.4, 0.5) is 13.2 Å². The first kappa shape index (κ1) is 17.0. The van der Waals surface area contributed by atoms with E-state index >= 15 is 0 Å². The van der Waals surface area contributed by atoms with Crippen molar-refractivity contribution in [3.8, 4) is 0 Å². The number of carboxylic acid groups (broad SMARTS) is 1. The van der Waals surface area contributed by atoms with Crippen molar-refractivity contribution in [2.75, 3.05) is 0 Å². The Hall–Kier alpha value is -2.05. The quantitative estimate of drug-likeness (QED) is 0.792. The van der Waals surface area contributed by atoms with Gasteiger partial charge >= 0.3 is 5.97 Å². The summed E-state index contributed by atoms with van der Waals surface area (Å²) in [6, 6.07) is -0.172. The topological polar surface area (TPSA) is 66.4 Å². The molecule has 0 aromatic heterocycles. The number of hydrogen-bond donors (Lipinski definition) is 2. The molecule has 0 saturated heterocycles. The van der Waals surface area contributed by atoms with Crippen LogP contribution in [-0.2, 0) is 16.0 Å². The average Bonchev–Trinajstić information content (AvgIpc) is 2.34. The lowest BCUT2D eigenvalue weighted by Crippen LogP contribution is -2.42. The minimum atomic E-state index is -1.35. The molecule has 1 aromatic rings. The number of rotatable bonds is 6. The zero-order valence-corrected chi connectivity index (χ0v) is 11.6. The Morgan fingerprint density at radius 1 is 1.14 bits per heavy atom. The van der Waals surface area contributed by atoms with E-state index < -0.39 is 41.8 Å². The molecule has 0 aliphatic heterocycles. The highest BCUT2D eigenvalue weighted by molar-refractivity contribution is 5.84. The molecule has 0 heterocycles. The van der Waals surface area contributed by atoms with Gasteiger partial charge in [-0.2, -0.15) is 0 Å². The van der Waals surface area contributed by atoms with Gasteiger partial charge in [0.15, 0.2) is 11.6 Å². The van der Waals surface area contributed by atoms with Crippen LogP contribution in [0.5, 0.6) is 0 Å². The third-order valence-corrected chi connectivity index (χ3v) is 2.78. The van der Waals surface area contributed by atoms with Crippen molar-refractivity contribution in [3.05, 3.63) is 35.1 Å². The van der Waals surface area contributed by atoms with E-state index in [0.29, 0.717) is 12.1 Å². The Balaban J connectivity index is 2.77. The van der Waals surface area contributed by atoms with Gasteiger partial charge in [0.25, 0.3) is 0 Å². The largest absolute Gasteiger partial charge is 0.480 e. The van der Waals surface area contributed by atoms with Gasteiger partial charge in [0.2, 0.25) is 5.91 Å². The highest BCUT2D eigenvalue weighted by atomic mass is 19.2. The van der Waals surface area contributed by atoms with Crippen LogP contribution in [0.3, 0.4) is 0 Å². The molecule has 21 heavy (non-hydrogen) atoms. The first-order valence-electron chi connectivity index (χ1n) is 6.36. The van der Waals surface area contributed by atoms with E-state index in [2.05, 4.69) is 5.32 Å². The van der Waals surface area contributed by atoms with Gasteiger partial charge in [0.05, 0.1) is 6.42 Å². The summed E-state index contributed by atoms with van der Waals surface area (Å²) >= 11 is 0. The Labute approximate surface area is 120 Å². The summed E-state index contributed by atoms with van der Waals surface area (Å²) in [4.78, 5) is 22.7. The SMILES string of the molecule is CC(C)C[C@@H](NC(=O)Cc1cc(F)c(F)cc1F)C(=O)O. The maximum absolute atomic E-state index is 13.4. The number of benzene rings is 1. The van der Waals surface area contributed by atoms with Crippen LogP contribution in [0.1, 0.15) is 25.8 Å². The second kappa shape index (κ2) is 7.10. The molecule has 0 aliphatic rings. The Morgan fingerprint density at radius 2 is 1.71 bits per heavy atom. The van der Waals surface area contributed by atoms with E-state index in [-0.39, 0.29) is 17.9 Å². The zero-order valence-electron chi connectivity index (χ0n) is 11.6. The molecule has 1 rings (SSSR count). The number of halogens is 3. The van der Waals surface area contributed by atoms with E-state index in [1.807, 2.05) is 0 Å². The van der Waals surface area contributed by atoms with Crippen molar-refractivity contribution in [3.63, 3.8) is 0 Å². The number of amides is 1. The summed E-state index contributed by atoms with van der Waals surface area (Å²) in [7, 11) is 0. The van der Waals surface area contributed by atoms with Crippen molar-refractivity contribution in [2.45, 2.75) is 32.7 Å². The van der Waals surface area contributed by atoms with Crippen LogP contribution < -0.4 is 5.32 Å². The number of carbonyl (C=O) groups excluding carboxylic acids is 1. The van der Waals surface area contributed by atoms with Gasteiger partial charge in [0.1, 0.15) is 11.9 Å². The summed E-state index contributed by atoms with van der Waals surface area (Å²) in [6.45, 7) is 3.58. The second-order valence-electron chi connectivity index (χ2n) is 5.12. The maximum atomic E-state index is 13.4. The van der Waals surface area contributed by atoms with Gasteiger partial charge in [-0.1, -0.05) is 13.8 Å². The van der Waals surface area contributed by atoms with Gasteiger partial charge in [-0.05, 0) is 18.4 Å². The van der Waals surface area contributed by atoms with Gasteiger partial charge < -0.3 is 10.4 Å². The Morgan fingerprint density at radius 3 is 2.24 bits per heavy atom. The standard InChI is InChI=1S/C14H16F3NO3/c1-7(2)3-12(14(20)21)18-13(19)5-8-4-10(16)11(17)6-9(8)15/h4,6-7,12H,3,5H2,1-2H3,(H,18,19)(H,20,21)/t12-/m1/s1. The van der Waals surface area contributed by atoms with Crippen LogP contribution in [-0.4, -0.2) is 23.0 Å². The lowest BCUT2D eigenvalue weighted by molar-refractivity contribution is -0.142. The van der Waals surface area contributed by atoms with E-state index in [1.54, 1.807) is 13.8 Å². The highest BCUT2D eigenvalue weighted by Crippen LogP contribution is 2.14. The Kier molecular flexibility index (Phi) is 5.75. The minimum absolute atomic E-state index is 0.0337. The maximum Gasteiger partial charge on any atom is 0.326 e. The van der Waals surface area contributed by atoms with Crippen molar-refractivity contribution < 1.29 is 27.9 Å². The number of carboxylic acids is 1. The molecule has 0 saturated carbocycles. The number of aliphatic carboxylic acids is 1. The molecule has 0 aliphatic carbocycles. The summed E-state index contributed by atoms with van der Waals surface area (Å²) in [6.07, 6.45) is -0.355. The monoisotopic (exact) mass is 303 g/mol. The lowest BCUT2D eigenvalue weighted by Gasteiger charge is -2.16. The highest BCUT2D eigenvalue weighted by Gasteiger charge is 2.22. The summed E-state index contributed by atoms with van der Waals surface area (Å²) in [5.41, 5.74) is -0.333. The van der Waals surface area contributed by atoms with Gasteiger partial charge in [-0.25, -0.2) is 18.0 Å². The summed E-state index contributed by atoms with van der Waals surface area (Å²) in [5.74, 6) is -5.61. The minimum Gasteiger partial charge on any atom is -0.480 e. The van der Waals surface area contributed by atoms with Crippen molar-refractivity contribution in [1.82, 2.24) is 5.32 Å². The lowest BCUT2D eigenvalue weighted by atomic mass is 10.0. The van der Waals surface area contributed by atoms with Gasteiger partial charge in [0, 0.05) is 11.6 Å². The molecular formula is C14H16F3NO3. The predicted octanol–water partition coefficient (Wildman–Crippen LogP) is 2.26. The Bertz CT molecular complexity index is 547. The zero-order chi connectivity index (χ0) is 16.2. The van der Waals surface area contributed by atoms with E-state index in [0.717, 1.165) is 0 Å². The molecule has 1 atom stereocenters. The number of hydrogen-bond acceptors (Lipinski definition) is 2. The van der Waals surface area contributed by atoms with Crippen molar-refractivity contribution in [2.24, 2.45) is 5.92 Å². The van der Waals surface area contributed by atoms with E-state index in [4.69, 9.17) is 5.11 Å². The third kappa shape index (κ3) is 5.09. The molecule has 0 fully saturated rings. The molecule has 0 radical (unpaired) electrons. The normalized spacial score (nSPS) is 12.3. The third-order valence-electron chi connectivity index (χ3n) is 2.78. The van der Waals surface area contributed by atoms with Crippen LogP contribution >= 0.6 is 0 Å². The molecule has 116 valence electrons. The molecule has 0 spiro atoms.